The summed E-state index contributed by atoms with van der Waals surface area (Å²) in [5.74, 6) is 0. The monoisotopic (exact) mass is 416 g/mol. The van der Waals surface area contributed by atoms with Crippen LogP contribution in [-0.2, 0) is 17.4 Å². The Morgan fingerprint density at radius 3 is 2.54 bits per heavy atom. The van der Waals surface area contributed by atoms with Gasteiger partial charge in [0.2, 0.25) is 21.6 Å². The second-order valence-electron chi connectivity index (χ2n) is 6.42. The lowest BCUT2D eigenvalue weighted by Gasteiger charge is -2.13. The summed E-state index contributed by atoms with van der Waals surface area (Å²) in [4.78, 5) is 3.61. The number of para-hydroxylation sites is 1. The third kappa shape index (κ3) is 4.71. The second-order valence-corrected chi connectivity index (χ2v) is 8.34. The number of aryl methyl sites for hydroxylation is 2. The van der Waals surface area contributed by atoms with Crippen LogP contribution in [0.4, 0.5) is 5.69 Å². The molecule has 8 heteroatoms. The highest BCUT2D eigenvalue weighted by Gasteiger charge is 2.23. The van der Waals surface area contributed by atoms with Crippen LogP contribution >= 0.6 is 11.8 Å². The molecule has 0 radical (unpaired) electrons. The minimum atomic E-state index is -4.92. The smallest absolute Gasteiger partial charge is 0.215 e. The molecule has 3 aromatic rings. The third-order valence-electron chi connectivity index (χ3n) is 4.41. The molecule has 0 atom stereocenters. The van der Waals surface area contributed by atoms with E-state index in [-0.39, 0.29) is 0 Å². The Labute approximate surface area is 168 Å². The topological polar surface area (TPSA) is 84.6 Å². The standard InChI is InChI=1S/C20H19N2S.H2O4S/c1-14-8-11-18-19(12-14)23-20(22(18)3)13-16-10-9-15-6-4-5-7-17(15)21(16)2;1-5(2,3)4/h4-13H,1-3H3;(H2,1,2,3,4)/q+1;/p-1. The number of hydrogen-bond acceptors (Lipinski definition) is 5. The lowest BCUT2D eigenvalue weighted by atomic mass is 10.2. The van der Waals surface area contributed by atoms with Crippen molar-refractivity contribution in [3.63, 3.8) is 0 Å². The van der Waals surface area contributed by atoms with Gasteiger partial charge in [-0.25, -0.2) is 8.42 Å². The van der Waals surface area contributed by atoms with Gasteiger partial charge in [-0.2, -0.15) is 4.57 Å². The highest BCUT2D eigenvalue weighted by Crippen LogP contribution is 2.45. The fourth-order valence-corrected chi connectivity index (χ4v) is 4.23. The lowest BCUT2D eigenvalue weighted by molar-refractivity contribution is -0.646. The summed E-state index contributed by atoms with van der Waals surface area (Å²) in [5, 5.41) is 2.53. The highest BCUT2D eigenvalue weighted by molar-refractivity contribution is 8.03. The summed E-state index contributed by atoms with van der Waals surface area (Å²) < 4.78 is 35.1. The summed E-state index contributed by atoms with van der Waals surface area (Å²) in [6.45, 7) is 2.14. The van der Waals surface area contributed by atoms with Crippen LogP contribution in [0.15, 0.2) is 64.5 Å². The Kier molecular flexibility index (Phi) is 5.76. The first-order chi connectivity index (χ1) is 13.1. The molecular weight excluding hydrogens is 396 g/mol. The minimum absolute atomic E-state index is 1.21. The van der Waals surface area contributed by atoms with E-state index in [4.69, 9.17) is 17.5 Å². The first-order valence-electron chi connectivity index (χ1n) is 8.43. The summed E-state index contributed by atoms with van der Waals surface area (Å²) >= 11 is 1.84. The van der Waals surface area contributed by atoms with Gasteiger partial charge in [-0.15, -0.1) is 0 Å². The maximum atomic E-state index is 8.63. The van der Waals surface area contributed by atoms with Crippen molar-refractivity contribution in [3.05, 3.63) is 70.9 Å². The molecule has 146 valence electrons. The first-order valence-corrected chi connectivity index (χ1v) is 10.6. The third-order valence-corrected chi connectivity index (χ3v) is 5.56. The van der Waals surface area contributed by atoms with Gasteiger partial charge in [0.1, 0.15) is 7.05 Å². The molecule has 0 bridgehead atoms. The zero-order valence-electron chi connectivity index (χ0n) is 15.7. The Morgan fingerprint density at radius 2 is 1.82 bits per heavy atom. The van der Waals surface area contributed by atoms with Crippen LogP contribution in [0.3, 0.4) is 0 Å². The molecule has 2 heterocycles. The number of aromatic nitrogens is 1. The number of fused-ring (bicyclic) bond motifs is 2. The minimum Gasteiger partial charge on any atom is -0.726 e. The van der Waals surface area contributed by atoms with Gasteiger partial charge in [-0.05, 0) is 36.8 Å². The SMILES string of the molecule is Cc1ccc2c(c1)S/C(=C\c1ccc3ccccc3[n+]1C)N2C.O=S(=O)([O-])O. The number of thioether (sulfide) groups is 1. The molecule has 0 unspecified atom stereocenters. The first kappa shape index (κ1) is 20.3. The molecule has 6 nitrogen and oxygen atoms in total. The van der Waals surface area contributed by atoms with E-state index in [1.807, 2.05) is 11.8 Å². The van der Waals surface area contributed by atoms with Crippen molar-refractivity contribution in [1.29, 1.82) is 0 Å². The maximum absolute atomic E-state index is 8.63. The van der Waals surface area contributed by atoms with Gasteiger partial charge in [0, 0.05) is 35.5 Å². The van der Waals surface area contributed by atoms with Gasteiger partial charge >= 0.3 is 0 Å². The molecule has 0 saturated carbocycles. The molecule has 0 saturated heterocycles. The van der Waals surface area contributed by atoms with E-state index in [2.05, 4.69) is 91.2 Å². The van der Waals surface area contributed by atoms with Crippen LogP contribution in [0.2, 0.25) is 0 Å². The molecule has 1 N–H and O–H groups in total. The molecule has 2 aromatic carbocycles. The van der Waals surface area contributed by atoms with Crippen molar-refractivity contribution < 1.29 is 22.1 Å². The zero-order chi connectivity index (χ0) is 20.5. The van der Waals surface area contributed by atoms with Gasteiger partial charge < -0.3 is 9.45 Å². The van der Waals surface area contributed by atoms with Gasteiger partial charge in [-0.3, -0.25) is 4.55 Å². The Hall–Kier alpha value is -2.39. The molecular formula is C20H20N2O4S2. The van der Waals surface area contributed by atoms with Crippen LogP contribution in [-0.4, -0.2) is 24.6 Å². The largest absolute Gasteiger partial charge is 0.726 e. The Balaban J connectivity index is 0.000000403. The van der Waals surface area contributed by atoms with Crippen LogP contribution in [0.1, 0.15) is 11.3 Å². The molecule has 1 aromatic heterocycles. The Morgan fingerprint density at radius 1 is 1.14 bits per heavy atom. The van der Waals surface area contributed by atoms with Gasteiger partial charge in [-0.1, -0.05) is 30.0 Å². The van der Waals surface area contributed by atoms with Crippen molar-refractivity contribution in [2.24, 2.45) is 7.05 Å². The average molecular weight is 417 g/mol. The van der Waals surface area contributed by atoms with E-state index < -0.39 is 10.4 Å². The number of anilines is 1. The predicted octanol–water partition coefficient (Wildman–Crippen LogP) is 3.52. The number of hydrogen-bond donors (Lipinski definition) is 1. The molecule has 0 fully saturated rings. The van der Waals surface area contributed by atoms with Gasteiger partial charge in [0.25, 0.3) is 0 Å². The maximum Gasteiger partial charge on any atom is 0.215 e. The van der Waals surface area contributed by atoms with Crippen LogP contribution < -0.4 is 9.47 Å². The van der Waals surface area contributed by atoms with E-state index in [1.165, 1.54) is 37.8 Å². The van der Waals surface area contributed by atoms with E-state index in [1.54, 1.807) is 0 Å². The molecule has 28 heavy (non-hydrogen) atoms. The normalized spacial score (nSPS) is 14.8. The summed E-state index contributed by atoms with van der Waals surface area (Å²) in [7, 11) is -0.646. The Bertz CT molecular complexity index is 1170. The number of rotatable bonds is 1. The van der Waals surface area contributed by atoms with Crippen LogP contribution in [0.5, 0.6) is 0 Å². The van der Waals surface area contributed by atoms with Crippen LogP contribution in [0, 0.1) is 6.92 Å². The van der Waals surface area contributed by atoms with Gasteiger partial charge in [0.15, 0.2) is 0 Å². The zero-order valence-corrected chi connectivity index (χ0v) is 17.3. The fraction of sp³-hybridized carbons (Fsp3) is 0.150. The van der Waals surface area contributed by atoms with Crippen LogP contribution in [0.25, 0.3) is 17.0 Å². The molecule has 4 rings (SSSR count). The van der Waals surface area contributed by atoms with Crippen molar-refractivity contribution in [2.75, 3.05) is 11.9 Å². The van der Waals surface area contributed by atoms with Crippen molar-refractivity contribution >= 4 is 44.8 Å². The fourth-order valence-electron chi connectivity index (χ4n) is 3.04. The van der Waals surface area contributed by atoms with E-state index in [9.17, 15) is 0 Å². The summed E-state index contributed by atoms with van der Waals surface area (Å²) in [5.41, 5.74) is 5.06. The quantitative estimate of drug-likeness (QED) is 0.371. The van der Waals surface area contributed by atoms with E-state index in [0.29, 0.717) is 0 Å². The predicted molar refractivity (Wildman–Crippen MR) is 111 cm³/mol. The number of pyridine rings is 1. The van der Waals surface area contributed by atoms with E-state index >= 15 is 0 Å². The van der Waals surface area contributed by atoms with E-state index in [0.717, 1.165) is 0 Å². The number of benzene rings is 2. The van der Waals surface area contributed by atoms with Crippen molar-refractivity contribution in [1.82, 2.24) is 0 Å². The highest BCUT2D eigenvalue weighted by atomic mass is 32.3. The summed E-state index contributed by atoms with van der Waals surface area (Å²) in [6, 6.07) is 19.5. The molecule has 1 aliphatic heterocycles. The molecule has 0 amide bonds. The van der Waals surface area contributed by atoms with Crippen molar-refractivity contribution in [3.8, 4) is 0 Å². The summed E-state index contributed by atoms with van der Waals surface area (Å²) in [6.07, 6.45) is 2.27. The van der Waals surface area contributed by atoms with Crippen molar-refractivity contribution in [2.45, 2.75) is 11.8 Å². The molecule has 0 spiro atoms. The molecule has 1 aliphatic rings. The average Bonchev–Trinajstić information content (AvgIpc) is 2.91. The molecule has 0 aliphatic carbocycles. The van der Waals surface area contributed by atoms with Gasteiger partial charge in [0.05, 0.1) is 10.7 Å². The second kappa shape index (κ2) is 7.92. The lowest BCUT2D eigenvalue weighted by Crippen LogP contribution is -2.32. The number of nitrogens with zero attached hydrogens (tertiary/aromatic N) is 2.